The van der Waals surface area contributed by atoms with Crippen LogP contribution in [-0.4, -0.2) is 6.61 Å². The second-order valence-corrected chi connectivity index (χ2v) is 5.82. The van der Waals surface area contributed by atoms with Crippen LogP contribution in [0.1, 0.15) is 11.1 Å². The van der Waals surface area contributed by atoms with Crippen molar-refractivity contribution in [2.45, 2.75) is 13.8 Å². The van der Waals surface area contributed by atoms with Crippen LogP contribution in [0.5, 0.6) is 5.75 Å². The molecule has 0 N–H and O–H groups in total. The van der Waals surface area contributed by atoms with Crippen LogP contribution >= 0.6 is 31.9 Å². The lowest BCUT2D eigenvalue weighted by Gasteiger charge is -2.05. The van der Waals surface area contributed by atoms with Crippen LogP contribution in [0.15, 0.2) is 27.7 Å². The summed E-state index contributed by atoms with van der Waals surface area (Å²) in [6.45, 7) is 4.74. The molecule has 0 fully saturated rings. The van der Waals surface area contributed by atoms with E-state index in [4.69, 9.17) is 4.74 Å². The second kappa shape index (κ2) is 5.56. The van der Waals surface area contributed by atoms with Crippen molar-refractivity contribution in [1.29, 1.82) is 0 Å². The summed E-state index contributed by atoms with van der Waals surface area (Å²) < 4.78 is 6.43. The minimum atomic E-state index is 0.564. The Kier molecular flexibility index (Phi) is 4.69. The van der Waals surface area contributed by atoms with Gasteiger partial charge in [-0.3, -0.25) is 0 Å². The van der Waals surface area contributed by atoms with Gasteiger partial charge in [0.05, 0.1) is 3.39 Å². The number of hydrogen-bond acceptors (Lipinski definition) is 1. The summed E-state index contributed by atoms with van der Waals surface area (Å²) in [6.07, 6.45) is 1.91. The zero-order valence-electron chi connectivity index (χ0n) is 8.18. The van der Waals surface area contributed by atoms with Crippen molar-refractivity contribution in [2.75, 3.05) is 6.61 Å². The lowest BCUT2D eigenvalue weighted by molar-refractivity contribution is 0.362. The molecule has 1 aromatic rings. The van der Waals surface area contributed by atoms with Gasteiger partial charge in [-0.05, 0) is 75.0 Å². The molecule has 0 amide bonds. The number of hydrogen-bond donors (Lipinski definition) is 0. The Morgan fingerprint density at radius 1 is 1.29 bits per heavy atom. The molecule has 1 aromatic carbocycles. The number of ether oxygens (including phenoxy) is 1. The van der Waals surface area contributed by atoms with Crippen LogP contribution in [0.25, 0.3) is 0 Å². The maximum absolute atomic E-state index is 5.52. The van der Waals surface area contributed by atoms with Gasteiger partial charge in [0.15, 0.2) is 0 Å². The maximum Gasteiger partial charge on any atom is 0.120 e. The van der Waals surface area contributed by atoms with Gasteiger partial charge in [0, 0.05) is 0 Å². The highest BCUT2D eigenvalue weighted by molar-refractivity contribution is 9.28. The molecule has 1 rings (SSSR count). The van der Waals surface area contributed by atoms with Crippen molar-refractivity contribution in [1.82, 2.24) is 0 Å². The highest BCUT2D eigenvalue weighted by Crippen LogP contribution is 2.17. The first-order valence-corrected chi connectivity index (χ1v) is 5.89. The number of halogens is 2. The Hall–Kier alpha value is -0.280. The van der Waals surface area contributed by atoms with Gasteiger partial charge in [-0.2, -0.15) is 0 Å². The average molecular weight is 320 g/mol. The quantitative estimate of drug-likeness (QED) is 0.806. The Morgan fingerprint density at radius 2 is 2.00 bits per heavy atom. The van der Waals surface area contributed by atoms with Crippen molar-refractivity contribution < 1.29 is 4.74 Å². The Labute approximate surface area is 101 Å². The fourth-order valence-electron chi connectivity index (χ4n) is 1.00. The summed E-state index contributed by atoms with van der Waals surface area (Å²) in [6, 6.07) is 6.10. The molecule has 0 aliphatic carbocycles. The lowest BCUT2D eigenvalue weighted by atomic mass is 10.1. The van der Waals surface area contributed by atoms with Gasteiger partial charge in [-0.25, -0.2) is 0 Å². The van der Waals surface area contributed by atoms with E-state index in [2.05, 4.69) is 51.8 Å². The largest absolute Gasteiger partial charge is 0.489 e. The van der Waals surface area contributed by atoms with Gasteiger partial charge in [0.2, 0.25) is 0 Å². The van der Waals surface area contributed by atoms with E-state index in [0.29, 0.717) is 6.61 Å². The van der Waals surface area contributed by atoms with Crippen LogP contribution in [0.2, 0.25) is 0 Å². The van der Waals surface area contributed by atoms with E-state index in [1.165, 1.54) is 11.1 Å². The van der Waals surface area contributed by atoms with E-state index >= 15 is 0 Å². The van der Waals surface area contributed by atoms with Gasteiger partial charge < -0.3 is 4.74 Å². The number of benzene rings is 1. The third kappa shape index (κ3) is 3.84. The fraction of sp³-hybridized carbons (Fsp3) is 0.273. The maximum atomic E-state index is 5.52. The molecular formula is C11H12Br2O. The third-order valence-electron chi connectivity index (χ3n) is 1.97. The Balaban J connectivity index is 2.60. The molecule has 0 aliphatic rings. The fourth-order valence-corrected chi connectivity index (χ4v) is 1.27. The van der Waals surface area contributed by atoms with E-state index < -0.39 is 0 Å². The highest BCUT2D eigenvalue weighted by atomic mass is 79.9. The van der Waals surface area contributed by atoms with E-state index in [0.717, 1.165) is 9.14 Å². The third-order valence-corrected chi connectivity index (χ3v) is 2.61. The van der Waals surface area contributed by atoms with Crippen LogP contribution in [0.4, 0.5) is 0 Å². The van der Waals surface area contributed by atoms with Crippen molar-refractivity contribution >= 4 is 31.9 Å². The van der Waals surface area contributed by atoms with Crippen LogP contribution < -0.4 is 4.74 Å². The zero-order chi connectivity index (χ0) is 10.6. The summed E-state index contributed by atoms with van der Waals surface area (Å²) in [7, 11) is 0. The SMILES string of the molecule is Cc1ccc(OCC=C(Br)Br)cc1C. The van der Waals surface area contributed by atoms with Crippen LogP contribution in [-0.2, 0) is 0 Å². The van der Waals surface area contributed by atoms with Crippen LogP contribution in [0.3, 0.4) is 0 Å². The van der Waals surface area contributed by atoms with Crippen molar-refractivity contribution in [3.63, 3.8) is 0 Å². The summed E-state index contributed by atoms with van der Waals surface area (Å²) in [5.41, 5.74) is 2.54. The van der Waals surface area contributed by atoms with E-state index in [-0.39, 0.29) is 0 Å². The monoisotopic (exact) mass is 318 g/mol. The number of aryl methyl sites for hydroxylation is 2. The summed E-state index contributed by atoms with van der Waals surface area (Å²) >= 11 is 6.54. The highest BCUT2D eigenvalue weighted by Gasteiger charge is 1.95. The first kappa shape index (κ1) is 11.8. The van der Waals surface area contributed by atoms with Gasteiger partial charge in [-0.1, -0.05) is 6.07 Å². The number of rotatable bonds is 3. The molecule has 0 saturated carbocycles. The van der Waals surface area contributed by atoms with E-state index in [9.17, 15) is 0 Å². The van der Waals surface area contributed by atoms with Crippen LogP contribution in [0, 0.1) is 13.8 Å². The second-order valence-electron chi connectivity index (χ2n) is 3.05. The van der Waals surface area contributed by atoms with Gasteiger partial charge in [-0.15, -0.1) is 0 Å². The average Bonchev–Trinajstić information content (AvgIpc) is 2.10. The molecule has 1 nitrogen and oxygen atoms in total. The normalized spacial score (nSPS) is 9.71. The smallest absolute Gasteiger partial charge is 0.120 e. The molecule has 76 valence electrons. The molecule has 0 saturated heterocycles. The summed E-state index contributed by atoms with van der Waals surface area (Å²) in [5, 5.41) is 0. The molecule has 0 atom stereocenters. The molecule has 0 unspecified atom stereocenters. The predicted molar refractivity (Wildman–Crippen MR) is 67.3 cm³/mol. The zero-order valence-corrected chi connectivity index (χ0v) is 11.4. The first-order chi connectivity index (χ1) is 6.59. The van der Waals surface area contributed by atoms with Crippen molar-refractivity contribution in [3.8, 4) is 5.75 Å². The molecule has 3 heteroatoms. The Morgan fingerprint density at radius 3 is 2.57 bits per heavy atom. The van der Waals surface area contributed by atoms with E-state index in [1.807, 2.05) is 18.2 Å². The molecule has 0 spiro atoms. The minimum absolute atomic E-state index is 0.564. The molecule has 0 heterocycles. The summed E-state index contributed by atoms with van der Waals surface area (Å²) in [4.78, 5) is 0. The first-order valence-electron chi connectivity index (χ1n) is 4.31. The lowest BCUT2D eigenvalue weighted by Crippen LogP contribution is -1.94. The van der Waals surface area contributed by atoms with Gasteiger partial charge in [0.1, 0.15) is 12.4 Å². The Bertz CT molecular complexity index is 341. The molecule has 0 aliphatic heterocycles. The molecular weight excluding hydrogens is 308 g/mol. The topological polar surface area (TPSA) is 9.23 Å². The molecule has 0 radical (unpaired) electrons. The van der Waals surface area contributed by atoms with E-state index in [1.54, 1.807) is 0 Å². The van der Waals surface area contributed by atoms with Gasteiger partial charge in [0.25, 0.3) is 0 Å². The minimum Gasteiger partial charge on any atom is -0.489 e. The van der Waals surface area contributed by atoms with Crippen molar-refractivity contribution in [3.05, 3.63) is 38.8 Å². The molecule has 0 bridgehead atoms. The molecule has 14 heavy (non-hydrogen) atoms. The van der Waals surface area contributed by atoms with Gasteiger partial charge >= 0.3 is 0 Å². The van der Waals surface area contributed by atoms with Crippen molar-refractivity contribution in [2.24, 2.45) is 0 Å². The summed E-state index contributed by atoms with van der Waals surface area (Å²) in [5.74, 6) is 0.908. The standard InChI is InChI=1S/C11H12Br2O/c1-8-3-4-10(7-9(8)2)14-6-5-11(12)13/h3-5,7H,6H2,1-2H3. The molecule has 0 aromatic heterocycles. The predicted octanol–water partition coefficient (Wildman–Crippen LogP) is 4.31.